The van der Waals surface area contributed by atoms with Crippen LogP contribution in [0.2, 0.25) is 0 Å². The average Bonchev–Trinajstić information content (AvgIpc) is 3.49. The monoisotopic (exact) mass is 447 g/mol. The van der Waals surface area contributed by atoms with Crippen molar-refractivity contribution in [2.45, 2.75) is 63.3 Å². The number of amides is 1. The highest BCUT2D eigenvalue weighted by molar-refractivity contribution is 7.21. The van der Waals surface area contributed by atoms with Gasteiger partial charge in [0.2, 0.25) is 0 Å². The van der Waals surface area contributed by atoms with Gasteiger partial charge < -0.3 is 16.0 Å². The summed E-state index contributed by atoms with van der Waals surface area (Å²) in [7, 11) is 0. The number of nitrogens with one attached hydrogen (secondary N) is 1. The highest BCUT2D eigenvalue weighted by Crippen LogP contribution is 2.55. The highest BCUT2D eigenvalue weighted by atomic mass is 32.1. The maximum absolute atomic E-state index is 13.2. The number of nitrogens with zero attached hydrogens (tertiary/aromatic N) is 3. The van der Waals surface area contributed by atoms with E-state index >= 15 is 0 Å². The quantitative estimate of drug-likeness (QED) is 0.624. The fraction of sp³-hybridized carbons (Fsp3) is 0.480. The van der Waals surface area contributed by atoms with Gasteiger partial charge in [-0.3, -0.25) is 4.79 Å². The number of nitrogens with two attached hydrogens (primary N) is 1. The van der Waals surface area contributed by atoms with Crippen molar-refractivity contribution in [3.63, 3.8) is 0 Å². The maximum atomic E-state index is 13.2. The summed E-state index contributed by atoms with van der Waals surface area (Å²) in [5, 5.41) is 4.16. The molecule has 166 valence electrons. The van der Waals surface area contributed by atoms with Gasteiger partial charge in [0.1, 0.15) is 15.5 Å². The normalized spacial score (nSPS) is 21.5. The molecule has 1 saturated carbocycles. The van der Waals surface area contributed by atoms with E-state index in [9.17, 15) is 4.79 Å². The Morgan fingerprint density at radius 1 is 1.16 bits per heavy atom. The van der Waals surface area contributed by atoms with E-state index in [0.29, 0.717) is 10.6 Å². The van der Waals surface area contributed by atoms with E-state index in [0.717, 1.165) is 60.5 Å². The minimum atomic E-state index is -0.0784. The molecule has 3 N–H and O–H groups in total. The molecule has 7 heteroatoms. The molecule has 1 amide bonds. The van der Waals surface area contributed by atoms with Crippen molar-refractivity contribution in [1.29, 1.82) is 0 Å². The van der Waals surface area contributed by atoms with Crippen LogP contribution in [0, 0.1) is 6.92 Å². The van der Waals surface area contributed by atoms with Gasteiger partial charge in [0, 0.05) is 35.6 Å². The van der Waals surface area contributed by atoms with Crippen LogP contribution in [0.3, 0.4) is 0 Å². The second kappa shape index (κ2) is 7.44. The van der Waals surface area contributed by atoms with Gasteiger partial charge in [-0.05, 0) is 75.6 Å². The molecule has 3 aromatic rings. The molecule has 1 atom stereocenters. The number of hydrogen-bond donors (Lipinski definition) is 2. The fourth-order valence-electron chi connectivity index (χ4n) is 5.51. The minimum absolute atomic E-state index is 0.0784. The van der Waals surface area contributed by atoms with Crippen LogP contribution >= 0.6 is 11.3 Å². The van der Waals surface area contributed by atoms with Crippen LogP contribution in [-0.4, -0.2) is 35.0 Å². The molecule has 0 radical (unpaired) electrons. The smallest absolute Gasteiger partial charge is 0.263 e. The Morgan fingerprint density at radius 2 is 1.97 bits per heavy atom. The molecule has 1 aliphatic heterocycles. The standard InChI is InChI=1S/C25H29N5OS/c1-15-5-7-18-20(26)21(32-24(18)27-15)23(31)28-17-13-16-6-8-19(30-11-3-2-4-12-30)29-22(16)25(14-17)9-10-25/h5-8,17H,2-4,9-14,26H2,1H3,(H,28,31)/t17-/m0/s1. The second-order valence-corrected chi connectivity index (χ2v) is 10.7. The molecule has 2 fully saturated rings. The number of fused-ring (bicyclic) bond motifs is 3. The lowest BCUT2D eigenvalue weighted by atomic mass is 9.80. The first-order valence-corrected chi connectivity index (χ1v) is 12.6. The first-order chi connectivity index (χ1) is 15.5. The van der Waals surface area contributed by atoms with E-state index in [1.807, 2.05) is 19.1 Å². The number of carbonyl (C=O) groups is 1. The van der Waals surface area contributed by atoms with Crippen molar-refractivity contribution in [3.05, 3.63) is 46.1 Å². The van der Waals surface area contributed by atoms with E-state index in [4.69, 9.17) is 10.7 Å². The lowest BCUT2D eigenvalue weighted by Crippen LogP contribution is -2.42. The van der Waals surface area contributed by atoms with E-state index in [1.54, 1.807) is 0 Å². The van der Waals surface area contributed by atoms with Crippen LogP contribution in [0.25, 0.3) is 10.2 Å². The maximum Gasteiger partial charge on any atom is 0.263 e. The molecule has 3 aromatic heterocycles. The Labute approximate surface area is 192 Å². The molecule has 32 heavy (non-hydrogen) atoms. The van der Waals surface area contributed by atoms with Gasteiger partial charge in [-0.15, -0.1) is 11.3 Å². The SMILES string of the molecule is Cc1ccc2c(N)c(C(=O)N[C@H]3Cc4ccc(N5CCCCC5)nc4C4(CC4)C3)sc2n1. The van der Waals surface area contributed by atoms with Crippen molar-refractivity contribution in [3.8, 4) is 0 Å². The Balaban J connectivity index is 1.24. The first kappa shape index (κ1) is 20.0. The number of nitrogen functional groups attached to an aromatic ring is 1. The summed E-state index contributed by atoms with van der Waals surface area (Å²) in [6.45, 7) is 4.18. The third-order valence-electron chi connectivity index (χ3n) is 7.38. The third-order valence-corrected chi connectivity index (χ3v) is 8.49. The molecular weight excluding hydrogens is 418 g/mol. The van der Waals surface area contributed by atoms with E-state index in [2.05, 4.69) is 27.3 Å². The average molecular weight is 448 g/mol. The number of thiophene rings is 1. The Morgan fingerprint density at radius 3 is 2.75 bits per heavy atom. The number of pyridine rings is 2. The Hall–Kier alpha value is -2.67. The molecule has 1 saturated heterocycles. The molecule has 4 heterocycles. The van der Waals surface area contributed by atoms with E-state index in [1.165, 1.54) is 41.9 Å². The molecular formula is C25H29N5OS. The minimum Gasteiger partial charge on any atom is -0.397 e. The van der Waals surface area contributed by atoms with Crippen LogP contribution in [-0.2, 0) is 11.8 Å². The predicted octanol–water partition coefficient (Wildman–Crippen LogP) is 4.35. The molecule has 6 nitrogen and oxygen atoms in total. The van der Waals surface area contributed by atoms with Gasteiger partial charge in [0.15, 0.2) is 0 Å². The summed E-state index contributed by atoms with van der Waals surface area (Å²) in [6, 6.07) is 8.45. The van der Waals surface area contributed by atoms with Gasteiger partial charge in [-0.1, -0.05) is 6.07 Å². The zero-order valence-corrected chi connectivity index (χ0v) is 19.3. The third kappa shape index (κ3) is 3.34. The number of carbonyl (C=O) groups excluding carboxylic acids is 1. The summed E-state index contributed by atoms with van der Waals surface area (Å²) < 4.78 is 0. The van der Waals surface area contributed by atoms with Crippen molar-refractivity contribution >= 4 is 39.0 Å². The Bertz CT molecular complexity index is 1210. The molecule has 6 rings (SSSR count). The lowest BCUT2D eigenvalue weighted by molar-refractivity contribution is 0.0935. The topological polar surface area (TPSA) is 84.1 Å². The van der Waals surface area contributed by atoms with Gasteiger partial charge in [0.25, 0.3) is 5.91 Å². The van der Waals surface area contributed by atoms with Crippen molar-refractivity contribution in [2.24, 2.45) is 0 Å². The summed E-state index contributed by atoms with van der Waals surface area (Å²) >= 11 is 1.39. The largest absolute Gasteiger partial charge is 0.397 e. The summed E-state index contributed by atoms with van der Waals surface area (Å²) in [6.07, 6.45) is 7.96. The van der Waals surface area contributed by atoms with Crippen LogP contribution in [0.5, 0.6) is 0 Å². The van der Waals surface area contributed by atoms with Crippen molar-refractivity contribution in [2.75, 3.05) is 23.7 Å². The van der Waals surface area contributed by atoms with Crippen LogP contribution in [0.15, 0.2) is 24.3 Å². The highest BCUT2D eigenvalue weighted by Gasteiger charge is 2.51. The number of rotatable bonds is 3. The molecule has 0 unspecified atom stereocenters. The number of anilines is 2. The number of hydrogen-bond acceptors (Lipinski definition) is 6. The zero-order valence-electron chi connectivity index (χ0n) is 18.5. The molecule has 2 aliphatic carbocycles. The van der Waals surface area contributed by atoms with Crippen LogP contribution < -0.4 is 16.0 Å². The van der Waals surface area contributed by atoms with Crippen LogP contribution in [0.4, 0.5) is 11.5 Å². The van der Waals surface area contributed by atoms with E-state index in [-0.39, 0.29) is 17.4 Å². The van der Waals surface area contributed by atoms with Crippen LogP contribution in [0.1, 0.15) is 65.1 Å². The predicted molar refractivity (Wildman–Crippen MR) is 130 cm³/mol. The van der Waals surface area contributed by atoms with Crippen molar-refractivity contribution < 1.29 is 4.79 Å². The zero-order chi connectivity index (χ0) is 21.9. The van der Waals surface area contributed by atoms with Gasteiger partial charge in [-0.2, -0.15) is 0 Å². The lowest BCUT2D eigenvalue weighted by Gasteiger charge is -2.34. The number of piperidine rings is 1. The first-order valence-electron chi connectivity index (χ1n) is 11.7. The second-order valence-electron chi connectivity index (χ2n) is 9.73. The molecule has 1 spiro atoms. The summed E-state index contributed by atoms with van der Waals surface area (Å²) in [4.78, 5) is 26.7. The van der Waals surface area contributed by atoms with E-state index < -0.39 is 0 Å². The molecule has 3 aliphatic rings. The van der Waals surface area contributed by atoms with Gasteiger partial charge in [0.05, 0.1) is 11.4 Å². The summed E-state index contributed by atoms with van der Waals surface area (Å²) in [5.41, 5.74) is 10.5. The summed E-state index contributed by atoms with van der Waals surface area (Å²) in [5.74, 6) is 1.06. The number of aryl methyl sites for hydroxylation is 1. The number of aromatic nitrogens is 2. The van der Waals surface area contributed by atoms with Gasteiger partial charge >= 0.3 is 0 Å². The van der Waals surface area contributed by atoms with Gasteiger partial charge in [-0.25, -0.2) is 9.97 Å². The Kier molecular flexibility index (Phi) is 4.64. The molecule has 0 aromatic carbocycles. The molecule has 0 bridgehead atoms. The van der Waals surface area contributed by atoms with Crippen molar-refractivity contribution in [1.82, 2.24) is 15.3 Å². The fourth-order valence-corrected chi connectivity index (χ4v) is 6.55.